The van der Waals surface area contributed by atoms with E-state index in [0.717, 1.165) is 0 Å². The third-order valence-electron chi connectivity index (χ3n) is 3.10. The normalized spacial score (nSPS) is 10.5. The van der Waals surface area contributed by atoms with E-state index in [4.69, 9.17) is 11.1 Å². The second-order valence-electron chi connectivity index (χ2n) is 4.37. The summed E-state index contributed by atoms with van der Waals surface area (Å²) in [5.74, 6) is -1.24. The third kappa shape index (κ3) is 2.90. The van der Waals surface area contributed by atoms with Crippen molar-refractivity contribution in [3.63, 3.8) is 0 Å². The molecule has 0 aliphatic carbocycles. The van der Waals surface area contributed by atoms with Gasteiger partial charge in [-0.3, -0.25) is 5.41 Å². The smallest absolute Gasteiger partial charge is 0.161 e. The summed E-state index contributed by atoms with van der Waals surface area (Å²) < 4.78 is 28.5. The topological polar surface area (TPSA) is 53.1 Å². The average Bonchev–Trinajstić information content (AvgIpc) is 2.45. The van der Waals surface area contributed by atoms with E-state index < -0.39 is 11.6 Å². The van der Waals surface area contributed by atoms with Crippen LogP contribution in [0, 0.1) is 17.0 Å². The number of hydrogen-bond acceptors (Lipinski definition) is 2. The van der Waals surface area contributed by atoms with Gasteiger partial charge in [-0.15, -0.1) is 0 Å². The number of nitrogen functional groups attached to an aromatic ring is 1. The van der Waals surface area contributed by atoms with E-state index in [2.05, 4.69) is 15.9 Å². The molecule has 0 bridgehead atoms. The van der Waals surface area contributed by atoms with E-state index >= 15 is 0 Å². The van der Waals surface area contributed by atoms with Crippen LogP contribution in [0.5, 0.6) is 0 Å². The molecule has 0 fully saturated rings. The number of benzene rings is 2. The van der Waals surface area contributed by atoms with E-state index in [1.54, 1.807) is 25.1 Å². The molecule has 3 N–H and O–H groups in total. The largest absolute Gasteiger partial charge is 0.384 e. The van der Waals surface area contributed by atoms with Crippen LogP contribution in [0.15, 0.2) is 40.9 Å². The van der Waals surface area contributed by atoms with Gasteiger partial charge < -0.3 is 10.6 Å². The summed E-state index contributed by atoms with van der Waals surface area (Å²) in [7, 11) is 0. The number of amidine groups is 1. The van der Waals surface area contributed by atoms with E-state index in [-0.39, 0.29) is 21.6 Å². The molecule has 0 radical (unpaired) electrons. The molecule has 0 aromatic heterocycles. The molecule has 2 aromatic carbocycles. The zero-order chi connectivity index (χ0) is 15.6. The fourth-order valence-corrected chi connectivity index (χ4v) is 2.65. The van der Waals surface area contributed by atoms with E-state index in [1.165, 1.54) is 23.1 Å². The Morgan fingerprint density at radius 2 is 1.86 bits per heavy atom. The lowest BCUT2D eigenvalue weighted by Crippen LogP contribution is -2.20. The second-order valence-corrected chi connectivity index (χ2v) is 5.16. The van der Waals surface area contributed by atoms with Gasteiger partial charge in [0, 0.05) is 12.1 Å². The fraction of sp³-hybridized carbons (Fsp3) is 0.133. The number of halogens is 3. The lowest BCUT2D eigenvalue weighted by Gasteiger charge is -2.25. The molecular weight excluding hydrogens is 340 g/mol. The maximum Gasteiger partial charge on any atom is 0.161 e. The average molecular weight is 354 g/mol. The van der Waals surface area contributed by atoms with Gasteiger partial charge >= 0.3 is 0 Å². The summed E-state index contributed by atoms with van der Waals surface area (Å²) in [5, 5.41) is 7.40. The summed E-state index contributed by atoms with van der Waals surface area (Å²) in [4.78, 5) is 1.53. The van der Waals surface area contributed by atoms with Crippen molar-refractivity contribution in [2.75, 3.05) is 11.4 Å². The molecule has 0 aliphatic rings. The zero-order valence-electron chi connectivity index (χ0n) is 11.3. The first-order valence-electron chi connectivity index (χ1n) is 6.31. The van der Waals surface area contributed by atoms with E-state index in [0.29, 0.717) is 12.2 Å². The molecule has 0 aliphatic heterocycles. The minimum absolute atomic E-state index is 0.0993. The highest BCUT2D eigenvalue weighted by atomic mass is 79.9. The molecule has 2 aromatic rings. The standard InChI is InChI=1S/C15H14BrF2N3/c1-2-21(11-6-4-3-5-10(11)17)12-8-7-9(15(19)20)13(16)14(12)18/h3-8H,2H2,1H3,(H3,19,20). The highest BCUT2D eigenvalue weighted by Gasteiger charge is 2.19. The van der Waals surface area contributed by atoms with Crippen molar-refractivity contribution >= 4 is 33.1 Å². The van der Waals surface area contributed by atoms with Crippen LogP contribution < -0.4 is 10.6 Å². The van der Waals surface area contributed by atoms with Crippen LogP contribution in [0.4, 0.5) is 20.2 Å². The van der Waals surface area contributed by atoms with Gasteiger partial charge in [0.05, 0.1) is 15.8 Å². The van der Waals surface area contributed by atoms with Crippen molar-refractivity contribution in [3.05, 3.63) is 58.1 Å². The van der Waals surface area contributed by atoms with Crippen LogP contribution in [-0.2, 0) is 0 Å². The SMILES string of the molecule is CCN(c1ccccc1F)c1ccc(C(=N)N)c(Br)c1F. The quantitative estimate of drug-likeness (QED) is 0.640. The predicted molar refractivity (Wildman–Crippen MR) is 84.2 cm³/mol. The number of rotatable bonds is 4. The molecule has 0 atom stereocenters. The first-order chi connectivity index (χ1) is 9.97. The molecule has 2 rings (SSSR count). The Labute approximate surface area is 130 Å². The van der Waals surface area contributed by atoms with Crippen molar-refractivity contribution in [2.24, 2.45) is 5.73 Å². The van der Waals surface area contributed by atoms with Crippen LogP contribution in [0.3, 0.4) is 0 Å². The number of nitrogens with two attached hydrogens (primary N) is 1. The molecule has 21 heavy (non-hydrogen) atoms. The van der Waals surface area contributed by atoms with Crippen molar-refractivity contribution < 1.29 is 8.78 Å². The van der Waals surface area contributed by atoms with Crippen LogP contribution in [0.25, 0.3) is 0 Å². The molecule has 6 heteroatoms. The van der Waals surface area contributed by atoms with Gasteiger partial charge in [0.1, 0.15) is 11.7 Å². The summed E-state index contributed by atoms with van der Waals surface area (Å²) in [6, 6.07) is 9.22. The Morgan fingerprint density at radius 3 is 2.43 bits per heavy atom. The summed E-state index contributed by atoms with van der Waals surface area (Å²) in [6.45, 7) is 2.20. The molecular formula is C15H14BrF2N3. The Hall–Kier alpha value is -1.95. The molecule has 0 heterocycles. The molecule has 0 spiro atoms. The lowest BCUT2D eigenvalue weighted by atomic mass is 10.1. The number of nitrogens with zero attached hydrogens (tertiary/aromatic N) is 1. The maximum atomic E-state index is 14.5. The first-order valence-corrected chi connectivity index (χ1v) is 7.11. The van der Waals surface area contributed by atoms with Gasteiger partial charge in [-0.05, 0) is 47.1 Å². The number of hydrogen-bond donors (Lipinski definition) is 2. The van der Waals surface area contributed by atoms with E-state index in [1.807, 2.05) is 0 Å². The molecule has 110 valence electrons. The maximum absolute atomic E-state index is 14.5. The van der Waals surface area contributed by atoms with Crippen LogP contribution >= 0.6 is 15.9 Å². The van der Waals surface area contributed by atoms with Gasteiger partial charge in [-0.1, -0.05) is 12.1 Å². The predicted octanol–water partition coefficient (Wildman–Crippen LogP) is 4.17. The van der Waals surface area contributed by atoms with Crippen molar-refractivity contribution in [3.8, 4) is 0 Å². The monoisotopic (exact) mass is 353 g/mol. The fourth-order valence-electron chi connectivity index (χ4n) is 2.10. The van der Waals surface area contributed by atoms with Gasteiger partial charge in [0.15, 0.2) is 5.82 Å². The zero-order valence-corrected chi connectivity index (χ0v) is 12.9. The summed E-state index contributed by atoms with van der Waals surface area (Å²) in [5.41, 5.74) is 6.17. The Morgan fingerprint density at radius 1 is 1.19 bits per heavy atom. The molecule has 3 nitrogen and oxygen atoms in total. The van der Waals surface area contributed by atoms with Crippen LogP contribution in [-0.4, -0.2) is 12.4 Å². The van der Waals surface area contributed by atoms with Gasteiger partial charge in [0.25, 0.3) is 0 Å². The Balaban J connectivity index is 2.57. The minimum atomic E-state index is -0.576. The molecule has 0 saturated heterocycles. The highest BCUT2D eigenvalue weighted by molar-refractivity contribution is 9.10. The van der Waals surface area contributed by atoms with Gasteiger partial charge in [0.2, 0.25) is 0 Å². The Bertz CT molecular complexity index is 689. The van der Waals surface area contributed by atoms with Crippen molar-refractivity contribution in [2.45, 2.75) is 6.92 Å². The molecule has 0 saturated carbocycles. The molecule has 0 unspecified atom stereocenters. The minimum Gasteiger partial charge on any atom is -0.384 e. The third-order valence-corrected chi connectivity index (χ3v) is 3.88. The van der Waals surface area contributed by atoms with E-state index in [9.17, 15) is 8.78 Å². The van der Waals surface area contributed by atoms with Crippen molar-refractivity contribution in [1.82, 2.24) is 0 Å². The van der Waals surface area contributed by atoms with Crippen molar-refractivity contribution in [1.29, 1.82) is 5.41 Å². The number of nitrogens with one attached hydrogen (secondary N) is 1. The summed E-state index contributed by atoms with van der Waals surface area (Å²) in [6.07, 6.45) is 0. The number of anilines is 2. The van der Waals surface area contributed by atoms with Crippen LogP contribution in [0.1, 0.15) is 12.5 Å². The first kappa shape index (κ1) is 15.4. The second kappa shape index (κ2) is 6.22. The highest BCUT2D eigenvalue weighted by Crippen LogP contribution is 2.34. The number of para-hydroxylation sites is 1. The summed E-state index contributed by atoms with van der Waals surface area (Å²) >= 11 is 3.10. The molecule has 0 amide bonds. The Kier molecular flexibility index (Phi) is 4.57. The van der Waals surface area contributed by atoms with Gasteiger partial charge in [-0.2, -0.15) is 0 Å². The lowest BCUT2D eigenvalue weighted by molar-refractivity contribution is 0.610. The van der Waals surface area contributed by atoms with Gasteiger partial charge in [-0.25, -0.2) is 8.78 Å². The van der Waals surface area contributed by atoms with Crippen LogP contribution in [0.2, 0.25) is 0 Å².